The van der Waals surface area contributed by atoms with E-state index in [9.17, 15) is 13.2 Å². The van der Waals surface area contributed by atoms with Crippen molar-refractivity contribution < 1.29 is 13.2 Å². The maximum absolute atomic E-state index is 12.8. The number of aromatic nitrogens is 4. The molecule has 2 rings (SSSR count). The highest BCUT2D eigenvalue weighted by Crippen LogP contribution is 2.31. The van der Waals surface area contributed by atoms with Crippen LogP contribution in [0.5, 0.6) is 0 Å². The number of nitrogens with zero attached hydrogens (tertiary/aromatic N) is 4. The average Bonchev–Trinajstić information content (AvgIpc) is 2.85. The third-order valence-corrected chi connectivity index (χ3v) is 2.67. The molecule has 0 bridgehead atoms. The fourth-order valence-corrected chi connectivity index (χ4v) is 1.86. The van der Waals surface area contributed by atoms with Crippen molar-refractivity contribution in [1.29, 1.82) is 0 Å². The number of hydrogen-bond donors (Lipinski definition) is 1. The highest BCUT2D eigenvalue weighted by atomic mass is 19.4. The maximum Gasteiger partial charge on any atom is 0.433 e. The fraction of sp³-hybridized carbons (Fsp3) is 0.455. The van der Waals surface area contributed by atoms with Crippen LogP contribution < -0.4 is 5.32 Å². The van der Waals surface area contributed by atoms with Gasteiger partial charge < -0.3 is 5.32 Å². The van der Waals surface area contributed by atoms with Gasteiger partial charge in [0, 0.05) is 38.9 Å². The molecule has 0 saturated carbocycles. The number of halogens is 3. The van der Waals surface area contributed by atoms with Crippen molar-refractivity contribution >= 4 is 0 Å². The lowest BCUT2D eigenvalue weighted by molar-refractivity contribution is -0.144. The summed E-state index contributed by atoms with van der Waals surface area (Å²) in [5.74, 6) is 0. The van der Waals surface area contributed by atoms with Crippen molar-refractivity contribution in [3.63, 3.8) is 0 Å². The summed E-state index contributed by atoms with van der Waals surface area (Å²) < 4.78 is 40.9. The molecule has 0 amide bonds. The molecule has 5 nitrogen and oxygen atoms in total. The SMILES string of the molecule is Cn1ccc(CNCc2cnn(C)c2C(F)(F)F)n1. The Bertz CT molecular complexity index is 555. The van der Waals surface area contributed by atoms with Crippen molar-refractivity contribution in [3.8, 4) is 0 Å². The summed E-state index contributed by atoms with van der Waals surface area (Å²) in [4.78, 5) is 0. The first-order valence-corrected chi connectivity index (χ1v) is 5.65. The van der Waals surface area contributed by atoms with Crippen LogP contribution in [0, 0.1) is 0 Å². The molecule has 2 aromatic heterocycles. The van der Waals surface area contributed by atoms with E-state index in [1.54, 1.807) is 24.0 Å². The highest BCUT2D eigenvalue weighted by molar-refractivity contribution is 5.20. The van der Waals surface area contributed by atoms with Crippen LogP contribution in [0.15, 0.2) is 18.5 Å². The Hall–Kier alpha value is -1.83. The van der Waals surface area contributed by atoms with E-state index in [0.717, 1.165) is 10.4 Å². The third kappa shape index (κ3) is 3.14. The molecule has 19 heavy (non-hydrogen) atoms. The second-order valence-corrected chi connectivity index (χ2v) is 4.22. The predicted octanol–water partition coefficient (Wildman–Crippen LogP) is 1.46. The Morgan fingerprint density at radius 2 is 2.00 bits per heavy atom. The zero-order valence-electron chi connectivity index (χ0n) is 10.6. The summed E-state index contributed by atoms with van der Waals surface area (Å²) in [6.45, 7) is 0.506. The van der Waals surface area contributed by atoms with Gasteiger partial charge in [0.1, 0.15) is 5.69 Å². The smallest absolute Gasteiger partial charge is 0.307 e. The Morgan fingerprint density at radius 1 is 1.26 bits per heavy atom. The first-order valence-electron chi connectivity index (χ1n) is 5.65. The monoisotopic (exact) mass is 273 g/mol. The van der Waals surface area contributed by atoms with Crippen molar-refractivity contribution in [2.75, 3.05) is 0 Å². The molecule has 0 unspecified atom stereocenters. The van der Waals surface area contributed by atoms with Gasteiger partial charge in [0.2, 0.25) is 0 Å². The van der Waals surface area contributed by atoms with Crippen molar-refractivity contribution in [2.24, 2.45) is 14.1 Å². The minimum atomic E-state index is -4.40. The quantitative estimate of drug-likeness (QED) is 0.917. The second kappa shape index (κ2) is 5.04. The topological polar surface area (TPSA) is 47.7 Å². The van der Waals surface area contributed by atoms with Gasteiger partial charge in [0.25, 0.3) is 0 Å². The summed E-state index contributed by atoms with van der Waals surface area (Å²) in [6, 6.07) is 1.81. The molecule has 0 atom stereocenters. The van der Waals surface area contributed by atoms with E-state index >= 15 is 0 Å². The molecule has 0 aliphatic carbocycles. The fourth-order valence-electron chi connectivity index (χ4n) is 1.86. The molecule has 8 heteroatoms. The van der Waals surface area contributed by atoms with Gasteiger partial charge in [-0.15, -0.1) is 0 Å². The van der Waals surface area contributed by atoms with E-state index in [1.165, 1.54) is 13.2 Å². The van der Waals surface area contributed by atoms with E-state index < -0.39 is 11.9 Å². The molecule has 0 spiro atoms. The first kappa shape index (κ1) is 13.6. The zero-order valence-corrected chi connectivity index (χ0v) is 10.6. The summed E-state index contributed by atoms with van der Waals surface area (Å²) in [5, 5.41) is 10.7. The molecule has 0 aliphatic heterocycles. The van der Waals surface area contributed by atoms with Gasteiger partial charge in [-0.05, 0) is 6.07 Å². The van der Waals surface area contributed by atoms with Crippen molar-refractivity contribution in [2.45, 2.75) is 19.3 Å². The molecule has 2 heterocycles. The summed E-state index contributed by atoms with van der Waals surface area (Å²) in [6.07, 6.45) is -1.39. The van der Waals surface area contributed by atoms with Crippen LogP contribution in [0.3, 0.4) is 0 Å². The van der Waals surface area contributed by atoms with Gasteiger partial charge in [-0.25, -0.2) is 0 Å². The number of alkyl halides is 3. The molecule has 0 fully saturated rings. The molecule has 0 aliphatic rings. The molecule has 1 N–H and O–H groups in total. The lowest BCUT2D eigenvalue weighted by atomic mass is 10.2. The van der Waals surface area contributed by atoms with Crippen molar-refractivity contribution in [3.05, 3.63) is 35.4 Å². The number of aryl methyl sites for hydroxylation is 2. The predicted molar refractivity (Wildman–Crippen MR) is 62.0 cm³/mol. The Kier molecular flexibility index (Phi) is 3.61. The lowest BCUT2D eigenvalue weighted by Crippen LogP contribution is -2.19. The zero-order chi connectivity index (χ0) is 14.0. The van der Waals surface area contributed by atoms with E-state index in [-0.39, 0.29) is 12.1 Å². The van der Waals surface area contributed by atoms with Gasteiger partial charge >= 0.3 is 6.18 Å². The molecular formula is C11H14F3N5. The van der Waals surface area contributed by atoms with Crippen LogP contribution in [0.4, 0.5) is 13.2 Å². The largest absolute Gasteiger partial charge is 0.433 e. The molecule has 2 aromatic rings. The minimum Gasteiger partial charge on any atom is -0.307 e. The highest BCUT2D eigenvalue weighted by Gasteiger charge is 2.36. The molecule has 104 valence electrons. The standard InChI is InChI=1S/C11H14F3N5/c1-18-4-3-9(17-18)7-15-5-8-6-16-19(2)10(8)11(12,13)14/h3-4,6,15H,5,7H2,1-2H3. The molecule has 0 aromatic carbocycles. The van der Waals surface area contributed by atoms with Crippen LogP contribution in [0.25, 0.3) is 0 Å². The van der Waals surface area contributed by atoms with Gasteiger partial charge in [0.05, 0.1) is 11.9 Å². The third-order valence-electron chi connectivity index (χ3n) is 2.67. The van der Waals surface area contributed by atoms with E-state index in [4.69, 9.17) is 0 Å². The lowest BCUT2D eigenvalue weighted by Gasteiger charge is -2.10. The maximum atomic E-state index is 12.8. The number of rotatable bonds is 4. The second-order valence-electron chi connectivity index (χ2n) is 4.22. The normalized spacial score (nSPS) is 12.1. The van der Waals surface area contributed by atoms with Gasteiger partial charge in [0.15, 0.2) is 0 Å². The number of nitrogens with one attached hydrogen (secondary N) is 1. The Labute approximate surface area is 108 Å². The van der Waals surface area contributed by atoms with Crippen LogP contribution in [0.2, 0.25) is 0 Å². The van der Waals surface area contributed by atoms with Crippen LogP contribution >= 0.6 is 0 Å². The van der Waals surface area contributed by atoms with Crippen LogP contribution in [0.1, 0.15) is 17.0 Å². The summed E-state index contributed by atoms with van der Waals surface area (Å²) in [7, 11) is 3.07. The van der Waals surface area contributed by atoms with Crippen LogP contribution in [-0.2, 0) is 33.4 Å². The summed E-state index contributed by atoms with van der Waals surface area (Å²) >= 11 is 0. The molecule has 0 saturated heterocycles. The van der Waals surface area contributed by atoms with E-state index in [2.05, 4.69) is 15.5 Å². The number of hydrogen-bond acceptors (Lipinski definition) is 3. The van der Waals surface area contributed by atoms with Gasteiger partial charge in [-0.1, -0.05) is 0 Å². The Morgan fingerprint density at radius 3 is 2.58 bits per heavy atom. The van der Waals surface area contributed by atoms with E-state index in [1.807, 2.05) is 0 Å². The minimum absolute atomic E-state index is 0.0965. The average molecular weight is 273 g/mol. The molecule has 0 radical (unpaired) electrons. The van der Waals surface area contributed by atoms with Crippen molar-refractivity contribution in [1.82, 2.24) is 24.9 Å². The molecular weight excluding hydrogens is 259 g/mol. The first-order chi connectivity index (χ1) is 8.88. The van der Waals surface area contributed by atoms with E-state index in [0.29, 0.717) is 6.54 Å². The van der Waals surface area contributed by atoms with Crippen LogP contribution in [-0.4, -0.2) is 19.6 Å². The van der Waals surface area contributed by atoms with Gasteiger partial charge in [-0.3, -0.25) is 9.36 Å². The Balaban J connectivity index is 2.00. The summed E-state index contributed by atoms with van der Waals surface area (Å²) in [5.41, 5.74) is 0.187. The van der Waals surface area contributed by atoms with Gasteiger partial charge in [-0.2, -0.15) is 23.4 Å².